The number of aromatic nitrogens is 4. The topological polar surface area (TPSA) is 98.7 Å². The molecule has 0 saturated carbocycles. The lowest BCUT2D eigenvalue weighted by atomic mass is 10.0. The van der Waals surface area contributed by atoms with E-state index in [0.717, 1.165) is 23.2 Å². The van der Waals surface area contributed by atoms with Crippen molar-refractivity contribution in [3.05, 3.63) is 60.2 Å². The zero-order valence-corrected chi connectivity index (χ0v) is 16.8. The summed E-state index contributed by atoms with van der Waals surface area (Å²) in [5, 5.41) is 15.5. The van der Waals surface area contributed by atoms with Gasteiger partial charge in [-0.15, -0.1) is 22.6 Å². The molecule has 3 rings (SSSR count). The molecule has 0 radical (unpaired) electrons. The summed E-state index contributed by atoms with van der Waals surface area (Å²) in [6.07, 6.45) is 0.773. The smallest absolute Gasteiger partial charge is 0.228 e. The minimum atomic E-state index is -0.234. The van der Waals surface area contributed by atoms with E-state index in [4.69, 9.17) is 5.73 Å². The Morgan fingerprint density at radius 2 is 1.79 bits per heavy atom. The molecule has 0 aliphatic rings. The Balaban J connectivity index is 0.00000280. The summed E-state index contributed by atoms with van der Waals surface area (Å²) >= 11 is 0. The number of rotatable bonds is 7. The van der Waals surface area contributed by atoms with Gasteiger partial charge in [0.25, 0.3) is 0 Å². The lowest BCUT2D eigenvalue weighted by Gasteiger charge is -2.15. The van der Waals surface area contributed by atoms with Gasteiger partial charge < -0.3 is 11.1 Å². The second-order valence-electron chi connectivity index (χ2n) is 6.66. The van der Waals surface area contributed by atoms with Crippen LogP contribution in [0.4, 0.5) is 5.69 Å². The molecule has 0 aliphatic heterocycles. The third-order valence-corrected chi connectivity index (χ3v) is 4.51. The monoisotopic (exact) mass is 400 g/mol. The molecule has 1 heterocycles. The summed E-state index contributed by atoms with van der Waals surface area (Å²) in [5.41, 5.74) is 8.61. The number of nitrogens with zero attached hydrogens (tertiary/aromatic N) is 4. The number of nitrogens with two attached hydrogens (primary N) is 1. The van der Waals surface area contributed by atoms with Crippen molar-refractivity contribution in [2.24, 2.45) is 11.7 Å². The highest BCUT2D eigenvalue weighted by atomic mass is 35.5. The zero-order chi connectivity index (χ0) is 19.2. The van der Waals surface area contributed by atoms with Crippen LogP contribution in [-0.2, 0) is 17.8 Å². The first-order valence-corrected chi connectivity index (χ1v) is 9.01. The number of hydrogen-bond donors (Lipinski definition) is 2. The summed E-state index contributed by atoms with van der Waals surface area (Å²) < 4.78 is 0. The maximum atomic E-state index is 12.1. The average Bonchev–Trinajstić information content (AvgIpc) is 3.16. The number of anilines is 1. The molecule has 148 valence electrons. The van der Waals surface area contributed by atoms with Crippen molar-refractivity contribution in [3.8, 4) is 11.4 Å². The van der Waals surface area contributed by atoms with Crippen molar-refractivity contribution >= 4 is 24.0 Å². The number of hydrogen-bond acceptors (Lipinski definition) is 5. The molecule has 0 aliphatic carbocycles. The van der Waals surface area contributed by atoms with Gasteiger partial charge >= 0.3 is 0 Å². The first kappa shape index (κ1) is 21.5. The molecule has 1 amide bonds. The van der Waals surface area contributed by atoms with Gasteiger partial charge in [-0.3, -0.25) is 4.79 Å². The van der Waals surface area contributed by atoms with Crippen molar-refractivity contribution < 1.29 is 4.79 Å². The van der Waals surface area contributed by atoms with Gasteiger partial charge in [0, 0.05) is 17.3 Å². The molecule has 0 spiro atoms. The highest BCUT2D eigenvalue weighted by Gasteiger charge is 2.16. The number of benzene rings is 2. The Bertz CT molecular complexity index is 879. The van der Waals surface area contributed by atoms with Gasteiger partial charge in [0.1, 0.15) is 0 Å². The molecule has 3 aromatic rings. The molecule has 3 N–H and O–H groups in total. The minimum Gasteiger partial charge on any atom is -0.327 e. The van der Waals surface area contributed by atoms with Crippen LogP contribution >= 0.6 is 12.4 Å². The fourth-order valence-electron chi connectivity index (χ4n) is 2.52. The summed E-state index contributed by atoms with van der Waals surface area (Å²) in [5.74, 6) is 0.316. The van der Waals surface area contributed by atoms with E-state index in [-0.39, 0.29) is 30.3 Å². The Morgan fingerprint density at radius 3 is 2.43 bits per heavy atom. The number of carbonyl (C=O) groups is 1. The molecule has 8 heteroatoms. The van der Waals surface area contributed by atoms with E-state index >= 15 is 0 Å². The van der Waals surface area contributed by atoms with Crippen LogP contribution in [0.25, 0.3) is 11.4 Å². The van der Waals surface area contributed by atoms with E-state index in [1.54, 1.807) is 4.80 Å². The quantitative estimate of drug-likeness (QED) is 0.635. The lowest BCUT2D eigenvalue weighted by Crippen LogP contribution is -2.34. The maximum absolute atomic E-state index is 12.1. The standard InChI is InChI=1S/C20H24N6O.ClH/c1-14(15(2)21)20(27)22-18-10-8-16(9-11-18)12-13-26-24-19(23-25-26)17-6-4-3-5-7-17;/h3-11,14-15H,12-13,21H2,1-2H3,(H,22,27);1H. The molecule has 0 saturated heterocycles. The normalized spacial score (nSPS) is 12.7. The molecule has 0 fully saturated rings. The van der Waals surface area contributed by atoms with E-state index < -0.39 is 0 Å². The third-order valence-electron chi connectivity index (χ3n) is 4.51. The van der Waals surface area contributed by atoms with Gasteiger partial charge in [-0.1, -0.05) is 49.4 Å². The van der Waals surface area contributed by atoms with E-state index in [2.05, 4.69) is 20.7 Å². The fourth-order valence-corrected chi connectivity index (χ4v) is 2.52. The van der Waals surface area contributed by atoms with Gasteiger partial charge in [0.15, 0.2) is 0 Å². The molecule has 2 aromatic carbocycles. The second kappa shape index (κ2) is 9.96. The molecule has 2 atom stereocenters. The summed E-state index contributed by atoms with van der Waals surface area (Å²) in [6, 6.07) is 17.4. The Morgan fingerprint density at radius 1 is 1.11 bits per heavy atom. The van der Waals surface area contributed by atoms with Crippen molar-refractivity contribution in [1.29, 1.82) is 0 Å². The van der Waals surface area contributed by atoms with Gasteiger partial charge in [0.05, 0.1) is 12.5 Å². The van der Waals surface area contributed by atoms with E-state index in [1.165, 1.54) is 0 Å². The lowest BCUT2D eigenvalue weighted by molar-refractivity contribution is -0.119. The van der Waals surface area contributed by atoms with Crippen molar-refractivity contribution in [1.82, 2.24) is 20.2 Å². The van der Waals surface area contributed by atoms with Gasteiger partial charge in [0.2, 0.25) is 11.7 Å². The predicted molar refractivity (Wildman–Crippen MR) is 112 cm³/mol. The van der Waals surface area contributed by atoms with Gasteiger partial charge in [-0.05, 0) is 36.3 Å². The average molecular weight is 401 g/mol. The third kappa shape index (κ3) is 5.61. The molecule has 28 heavy (non-hydrogen) atoms. The van der Waals surface area contributed by atoms with Crippen molar-refractivity contribution in [2.75, 3.05) is 5.32 Å². The molecule has 7 nitrogen and oxygen atoms in total. The van der Waals surface area contributed by atoms with Crippen LogP contribution in [-0.4, -0.2) is 32.2 Å². The molecule has 0 bridgehead atoms. The van der Waals surface area contributed by atoms with E-state index in [0.29, 0.717) is 12.4 Å². The van der Waals surface area contributed by atoms with Crippen LogP contribution in [0, 0.1) is 5.92 Å². The molecular formula is C20H25ClN6O. The predicted octanol–water partition coefficient (Wildman–Crippen LogP) is 2.93. The Hall–Kier alpha value is -2.77. The first-order chi connectivity index (χ1) is 13.0. The number of nitrogens with one attached hydrogen (secondary N) is 1. The Labute approximate surface area is 170 Å². The number of amides is 1. The van der Waals surface area contributed by atoms with Crippen molar-refractivity contribution in [3.63, 3.8) is 0 Å². The van der Waals surface area contributed by atoms with Gasteiger partial charge in [-0.25, -0.2) is 0 Å². The SMILES string of the molecule is CC(N)C(C)C(=O)Nc1ccc(CCn2nnc(-c3ccccc3)n2)cc1.Cl. The Kier molecular flexibility index (Phi) is 7.66. The number of aryl methyl sites for hydroxylation is 2. The largest absolute Gasteiger partial charge is 0.327 e. The molecular weight excluding hydrogens is 376 g/mol. The van der Waals surface area contributed by atoms with Crippen LogP contribution < -0.4 is 11.1 Å². The number of carbonyl (C=O) groups excluding carboxylic acids is 1. The minimum absolute atomic E-state index is 0. The maximum Gasteiger partial charge on any atom is 0.228 e. The van der Waals surface area contributed by atoms with Crippen molar-refractivity contribution in [2.45, 2.75) is 32.9 Å². The second-order valence-corrected chi connectivity index (χ2v) is 6.66. The van der Waals surface area contributed by atoms with Crippen LogP contribution in [0.2, 0.25) is 0 Å². The summed E-state index contributed by atoms with van der Waals surface area (Å²) in [7, 11) is 0. The van der Waals surface area contributed by atoms with Crippen LogP contribution in [0.5, 0.6) is 0 Å². The fraction of sp³-hybridized carbons (Fsp3) is 0.300. The highest BCUT2D eigenvalue weighted by molar-refractivity contribution is 5.92. The molecule has 1 aromatic heterocycles. The van der Waals surface area contributed by atoms with Crippen LogP contribution in [0.1, 0.15) is 19.4 Å². The summed E-state index contributed by atoms with van der Waals surface area (Å²) in [6.45, 7) is 4.28. The van der Waals surface area contributed by atoms with E-state index in [9.17, 15) is 4.79 Å². The van der Waals surface area contributed by atoms with Gasteiger partial charge in [-0.2, -0.15) is 4.80 Å². The first-order valence-electron chi connectivity index (χ1n) is 9.01. The highest BCUT2D eigenvalue weighted by Crippen LogP contribution is 2.14. The van der Waals surface area contributed by atoms with E-state index in [1.807, 2.05) is 68.4 Å². The molecule has 2 unspecified atom stereocenters. The number of halogens is 1. The number of tetrazole rings is 1. The van der Waals surface area contributed by atoms with Crippen LogP contribution in [0.3, 0.4) is 0 Å². The summed E-state index contributed by atoms with van der Waals surface area (Å²) in [4.78, 5) is 13.7. The zero-order valence-electron chi connectivity index (χ0n) is 15.9. The van der Waals surface area contributed by atoms with Crippen LogP contribution in [0.15, 0.2) is 54.6 Å².